The number of phenols is 10. The monoisotopic (exact) mass is 732 g/mol. The lowest BCUT2D eigenvalue weighted by Crippen LogP contribution is -2.37. The highest BCUT2D eigenvalue weighted by atomic mass is 32.2. The molecule has 0 unspecified atom stereocenters. The van der Waals surface area contributed by atoms with E-state index < -0.39 is 93.1 Å². The number of benzene rings is 5. The summed E-state index contributed by atoms with van der Waals surface area (Å²) in [6.45, 7) is 0. The van der Waals surface area contributed by atoms with Crippen LogP contribution in [-0.2, 0) is 5.75 Å². The highest BCUT2D eigenvalue weighted by Gasteiger charge is 2.48. The largest absolute Gasteiger partial charge is 0.508 e. The molecular formula is C37H32O14S. The fourth-order valence-corrected chi connectivity index (χ4v) is 8.12. The number of fused-ring (bicyclic) bond motifs is 2. The second-order valence-electron chi connectivity index (χ2n) is 12.5. The Morgan fingerprint density at radius 2 is 1.04 bits per heavy atom. The molecule has 6 atom stereocenters. The van der Waals surface area contributed by atoms with E-state index in [9.17, 15) is 61.3 Å². The number of ether oxygens (including phenoxy) is 2. The summed E-state index contributed by atoms with van der Waals surface area (Å²) in [6.07, 6.45) is -6.23. The first-order chi connectivity index (χ1) is 24.7. The first kappa shape index (κ1) is 34.4. The van der Waals surface area contributed by atoms with E-state index >= 15 is 0 Å². The van der Waals surface area contributed by atoms with Gasteiger partial charge in [0.1, 0.15) is 46.7 Å². The normalized spacial score (nSPS) is 22.1. The summed E-state index contributed by atoms with van der Waals surface area (Å²) in [5.74, 6) is -8.46. The Kier molecular flexibility index (Phi) is 8.57. The predicted molar refractivity (Wildman–Crippen MR) is 183 cm³/mol. The van der Waals surface area contributed by atoms with E-state index in [2.05, 4.69) is 0 Å². The molecule has 52 heavy (non-hydrogen) atoms. The molecule has 0 aliphatic carbocycles. The van der Waals surface area contributed by atoms with Crippen LogP contribution in [0.5, 0.6) is 69.0 Å². The average Bonchev–Trinajstić information content (AvgIpc) is 3.09. The van der Waals surface area contributed by atoms with Crippen molar-refractivity contribution in [3.8, 4) is 69.0 Å². The van der Waals surface area contributed by atoms with Crippen LogP contribution in [0.15, 0.2) is 72.8 Å². The van der Waals surface area contributed by atoms with Gasteiger partial charge in [-0.3, -0.25) is 0 Å². The lowest BCUT2D eigenvalue weighted by atomic mass is 9.77. The van der Waals surface area contributed by atoms with Crippen molar-refractivity contribution < 1.29 is 70.8 Å². The average molecular weight is 733 g/mol. The van der Waals surface area contributed by atoms with Crippen molar-refractivity contribution in [2.45, 2.75) is 41.3 Å². The van der Waals surface area contributed by atoms with Crippen LogP contribution in [0.4, 0.5) is 0 Å². The van der Waals surface area contributed by atoms with Gasteiger partial charge in [-0.2, -0.15) is 0 Å². The third-order valence-corrected chi connectivity index (χ3v) is 10.6. The highest BCUT2D eigenvalue weighted by molar-refractivity contribution is 7.98. The molecule has 12 N–H and O–H groups in total. The van der Waals surface area contributed by atoms with Crippen LogP contribution in [-0.4, -0.2) is 73.5 Å². The van der Waals surface area contributed by atoms with Crippen molar-refractivity contribution in [2.24, 2.45) is 0 Å². The van der Waals surface area contributed by atoms with Crippen LogP contribution in [0.1, 0.15) is 56.8 Å². The second-order valence-corrected chi connectivity index (χ2v) is 13.6. The van der Waals surface area contributed by atoms with Crippen molar-refractivity contribution in [1.29, 1.82) is 0 Å². The molecule has 2 heterocycles. The molecule has 2 aliphatic heterocycles. The second kappa shape index (κ2) is 12.9. The number of rotatable bonds is 6. The van der Waals surface area contributed by atoms with Crippen molar-refractivity contribution in [1.82, 2.24) is 0 Å². The van der Waals surface area contributed by atoms with E-state index in [1.54, 1.807) is 0 Å². The maximum absolute atomic E-state index is 12.1. The summed E-state index contributed by atoms with van der Waals surface area (Å²) >= 11 is 1.19. The van der Waals surface area contributed by atoms with E-state index in [0.717, 1.165) is 48.0 Å². The fraction of sp³-hybridized carbons (Fsp3) is 0.189. The van der Waals surface area contributed by atoms with Crippen LogP contribution in [0.3, 0.4) is 0 Å². The summed E-state index contributed by atoms with van der Waals surface area (Å²) in [7, 11) is 0. The van der Waals surface area contributed by atoms with Gasteiger partial charge in [0, 0.05) is 46.2 Å². The van der Waals surface area contributed by atoms with Gasteiger partial charge in [0.25, 0.3) is 0 Å². The van der Waals surface area contributed by atoms with Crippen LogP contribution in [0.2, 0.25) is 0 Å². The SMILES string of the molecule is Oc1cc(O)c2c(c1)O[C@H](c1cc(O)c(O)c(O)c1)[C@H](O)[C@H]2c1c(O)cc(O)c2c1O[C@H](c1cc(O)c(O)c(O)c1)[C@@H](O)[C@H]2SCc1ccccc1. The molecule has 0 radical (unpaired) electrons. The van der Waals surface area contributed by atoms with Gasteiger partial charge in [-0.15, -0.1) is 11.8 Å². The number of phenolic OH excluding ortho intramolecular Hbond substituents is 10. The number of hydrogen-bond donors (Lipinski definition) is 12. The molecule has 7 rings (SSSR count). The molecule has 15 heteroatoms. The molecule has 0 aromatic heterocycles. The summed E-state index contributed by atoms with van der Waals surface area (Å²) in [4.78, 5) is 0. The smallest absolute Gasteiger partial charge is 0.200 e. The molecule has 270 valence electrons. The Balaban J connectivity index is 1.46. The van der Waals surface area contributed by atoms with E-state index in [0.29, 0.717) is 5.75 Å². The van der Waals surface area contributed by atoms with Crippen LogP contribution in [0.25, 0.3) is 0 Å². The van der Waals surface area contributed by atoms with E-state index in [-0.39, 0.29) is 39.3 Å². The van der Waals surface area contributed by atoms with Crippen LogP contribution >= 0.6 is 11.8 Å². The summed E-state index contributed by atoms with van der Waals surface area (Å²) < 4.78 is 12.3. The third kappa shape index (κ3) is 5.74. The molecule has 0 spiro atoms. The van der Waals surface area contributed by atoms with Gasteiger partial charge in [0.2, 0.25) is 0 Å². The van der Waals surface area contributed by atoms with Crippen LogP contribution < -0.4 is 9.47 Å². The lowest BCUT2D eigenvalue weighted by molar-refractivity contribution is 0.000497. The Morgan fingerprint density at radius 1 is 0.519 bits per heavy atom. The first-order valence-corrected chi connectivity index (χ1v) is 16.8. The minimum atomic E-state index is -1.79. The van der Waals surface area contributed by atoms with E-state index in [4.69, 9.17) is 9.47 Å². The van der Waals surface area contributed by atoms with Crippen LogP contribution in [0, 0.1) is 0 Å². The number of aliphatic hydroxyl groups is 2. The van der Waals surface area contributed by atoms with Gasteiger partial charge < -0.3 is 70.8 Å². The fourth-order valence-electron chi connectivity index (χ4n) is 6.82. The topological polar surface area (TPSA) is 261 Å². The molecule has 0 saturated heterocycles. The number of aliphatic hydroxyl groups excluding tert-OH is 2. The minimum Gasteiger partial charge on any atom is -0.508 e. The number of aromatic hydroxyl groups is 10. The molecule has 0 amide bonds. The Labute approximate surface area is 298 Å². The first-order valence-electron chi connectivity index (χ1n) is 15.7. The van der Waals surface area contributed by atoms with E-state index in [1.165, 1.54) is 11.8 Å². The van der Waals surface area contributed by atoms with Gasteiger partial charge in [-0.05, 0) is 29.8 Å². The number of hydrogen-bond acceptors (Lipinski definition) is 15. The summed E-state index contributed by atoms with van der Waals surface area (Å²) in [6, 6.07) is 16.4. The third-order valence-electron chi connectivity index (χ3n) is 9.21. The Hall–Kier alpha value is -6.03. The van der Waals surface area contributed by atoms with Gasteiger partial charge >= 0.3 is 0 Å². The lowest BCUT2D eigenvalue weighted by Gasteiger charge is -2.42. The quantitative estimate of drug-likeness (QED) is 0.104. The molecule has 14 nitrogen and oxygen atoms in total. The van der Waals surface area contributed by atoms with Crippen molar-refractivity contribution in [3.63, 3.8) is 0 Å². The Morgan fingerprint density at radius 3 is 1.62 bits per heavy atom. The zero-order chi connectivity index (χ0) is 37.2. The summed E-state index contributed by atoms with van der Waals surface area (Å²) in [5, 5.41) is 129. The maximum Gasteiger partial charge on any atom is 0.200 e. The predicted octanol–water partition coefficient (Wildman–Crippen LogP) is 4.84. The number of thioether (sulfide) groups is 1. The molecule has 5 aromatic rings. The molecule has 0 fully saturated rings. The standard InChI is InChI=1S/C37H32O14S/c38-17-10-18(39)26-25(11-17)50-34(15-6-21(42)30(46)22(43)7-15)32(48)29(26)27-19(40)12-20(41)28-36(27)51-35(16-8-23(44)31(47)24(45)9-16)33(49)37(28)52-13-14-4-2-1-3-5-14/h1-12,29,32-35,37-49H,13H2/t29-,32-,33-,34-,35-,37+/m1/s1. The summed E-state index contributed by atoms with van der Waals surface area (Å²) in [5.41, 5.74) is 0.392. The molecule has 5 aromatic carbocycles. The van der Waals surface area contributed by atoms with Crippen molar-refractivity contribution in [3.05, 3.63) is 106 Å². The molecular weight excluding hydrogens is 700 g/mol. The zero-order valence-electron chi connectivity index (χ0n) is 26.7. The van der Waals surface area contributed by atoms with Gasteiger partial charge in [0.05, 0.1) is 16.7 Å². The van der Waals surface area contributed by atoms with E-state index in [1.807, 2.05) is 30.3 Å². The van der Waals surface area contributed by atoms with Gasteiger partial charge in [-0.25, -0.2) is 0 Å². The molecule has 0 bridgehead atoms. The van der Waals surface area contributed by atoms with Crippen molar-refractivity contribution in [2.75, 3.05) is 0 Å². The highest BCUT2D eigenvalue weighted by Crippen LogP contribution is 2.61. The molecule has 2 aliphatic rings. The maximum atomic E-state index is 12.1. The minimum absolute atomic E-state index is 0.0142. The van der Waals surface area contributed by atoms with Gasteiger partial charge in [0.15, 0.2) is 46.7 Å². The Bertz CT molecular complexity index is 2150. The zero-order valence-corrected chi connectivity index (χ0v) is 27.5. The van der Waals surface area contributed by atoms with Gasteiger partial charge in [-0.1, -0.05) is 30.3 Å². The van der Waals surface area contributed by atoms with Crippen molar-refractivity contribution >= 4 is 11.8 Å². The molecule has 0 saturated carbocycles.